The molecular weight excluding hydrogens is 372 g/mol. The van der Waals surface area contributed by atoms with Gasteiger partial charge in [0.05, 0.1) is 16.7 Å². The van der Waals surface area contributed by atoms with Crippen molar-refractivity contribution in [3.63, 3.8) is 0 Å². The summed E-state index contributed by atoms with van der Waals surface area (Å²) in [6.45, 7) is 2.37. The van der Waals surface area contributed by atoms with E-state index in [4.69, 9.17) is 11.6 Å². The fourth-order valence-electron chi connectivity index (χ4n) is 10.8. The molecular formula is C28H36Cl+. The molecule has 0 aliphatic heterocycles. The van der Waals surface area contributed by atoms with Crippen molar-refractivity contribution in [3.8, 4) is 0 Å². The van der Waals surface area contributed by atoms with Crippen LogP contribution in [0.1, 0.15) is 88.2 Å². The molecule has 29 heavy (non-hydrogen) atoms. The maximum atomic E-state index is 6.66. The van der Waals surface area contributed by atoms with Crippen molar-refractivity contribution in [2.75, 3.05) is 0 Å². The molecule has 8 bridgehead atoms. The molecule has 9 rings (SSSR count). The number of rotatable bonds is 3. The number of aryl methyl sites for hydroxylation is 1. The van der Waals surface area contributed by atoms with Crippen LogP contribution in [0.2, 0.25) is 5.02 Å². The molecule has 0 unspecified atom stereocenters. The summed E-state index contributed by atoms with van der Waals surface area (Å²) in [4.78, 5) is 0. The third-order valence-electron chi connectivity index (χ3n) is 10.6. The van der Waals surface area contributed by atoms with E-state index < -0.39 is 0 Å². The van der Waals surface area contributed by atoms with Crippen LogP contribution >= 0.6 is 11.6 Å². The van der Waals surface area contributed by atoms with Gasteiger partial charge >= 0.3 is 0 Å². The van der Waals surface area contributed by atoms with Crippen LogP contribution in [0, 0.1) is 59.2 Å². The molecule has 1 aromatic carbocycles. The van der Waals surface area contributed by atoms with E-state index in [1.54, 1.807) is 44.1 Å². The molecule has 8 fully saturated rings. The molecule has 0 radical (unpaired) electrons. The topological polar surface area (TPSA) is 0 Å². The van der Waals surface area contributed by atoms with Gasteiger partial charge in [-0.05, 0) is 119 Å². The number of hydrogen-bond donors (Lipinski definition) is 0. The normalized spacial score (nSPS) is 49.0. The molecule has 0 nitrogen and oxygen atoms in total. The van der Waals surface area contributed by atoms with E-state index in [-0.39, 0.29) is 0 Å². The number of benzene rings is 1. The van der Waals surface area contributed by atoms with Crippen molar-refractivity contribution in [3.05, 3.63) is 40.3 Å². The standard InChI is InChI=1S/C28H36Cl/c1-17-2-3-24(29)10-25(17)26(27-11-18-4-19(12-27)6-20(5-18)13-27)28-14-21-7-22(15-28)9-23(8-21)16-28/h2-3,10,18-23H,4-9,11-16H2,1H3/q+1. The van der Waals surface area contributed by atoms with Gasteiger partial charge in [0.2, 0.25) is 0 Å². The van der Waals surface area contributed by atoms with E-state index in [2.05, 4.69) is 25.1 Å². The molecule has 8 aliphatic rings. The Morgan fingerprint density at radius 2 is 1.07 bits per heavy atom. The molecule has 0 spiro atoms. The fraction of sp³-hybridized carbons (Fsp3) is 0.750. The third kappa shape index (κ3) is 2.60. The van der Waals surface area contributed by atoms with Crippen LogP contribution in [0.3, 0.4) is 0 Å². The molecule has 0 saturated heterocycles. The van der Waals surface area contributed by atoms with E-state index in [9.17, 15) is 0 Å². The van der Waals surface area contributed by atoms with Crippen molar-refractivity contribution < 1.29 is 0 Å². The minimum absolute atomic E-state index is 0.510. The zero-order valence-electron chi connectivity index (χ0n) is 18.1. The first-order chi connectivity index (χ1) is 14.0. The molecule has 1 aromatic rings. The Morgan fingerprint density at radius 3 is 1.45 bits per heavy atom. The van der Waals surface area contributed by atoms with E-state index in [0.717, 1.165) is 40.5 Å². The Bertz CT molecular complexity index is 720. The zero-order chi connectivity index (χ0) is 19.4. The first-order valence-electron chi connectivity index (χ1n) is 12.6. The van der Waals surface area contributed by atoms with Crippen LogP contribution in [0.15, 0.2) is 18.2 Å². The molecule has 1 heteroatoms. The smallest absolute Gasteiger partial charge is 0.0682 e. The number of hydrogen-bond acceptors (Lipinski definition) is 0. The highest BCUT2D eigenvalue weighted by Crippen LogP contribution is 2.73. The van der Waals surface area contributed by atoms with Gasteiger partial charge in [0.1, 0.15) is 5.56 Å². The average molecular weight is 408 g/mol. The Balaban J connectivity index is 1.40. The highest BCUT2D eigenvalue weighted by Gasteiger charge is 2.66. The van der Waals surface area contributed by atoms with Crippen LogP contribution in [-0.4, -0.2) is 0 Å². The molecule has 0 amide bonds. The van der Waals surface area contributed by atoms with Gasteiger partial charge in [-0.1, -0.05) is 11.6 Å². The second-order valence-electron chi connectivity index (χ2n) is 12.7. The lowest BCUT2D eigenvalue weighted by Gasteiger charge is -2.64. The highest BCUT2D eigenvalue weighted by molar-refractivity contribution is 6.30. The maximum Gasteiger partial charge on any atom is 0.138 e. The summed E-state index contributed by atoms with van der Waals surface area (Å²) in [5, 5.41) is 0.956. The summed E-state index contributed by atoms with van der Waals surface area (Å²) in [7, 11) is 0. The van der Waals surface area contributed by atoms with E-state index >= 15 is 0 Å². The highest BCUT2D eigenvalue weighted by atomic mass is 35.5. The minimum Gasteiger partial charge on any atom is -0.0682 e. The van der Waals surface area contributed by atoms with Crippen LogP contribution < -0.4 is 0 Å². The predicted octanol–water partition coefficient (Wildman–Crippen LogP) is 8.00. The van der Waals surface area contributed by atoms with Gasteiger partial charge in [-0.2, -0.15) is 0 Å². The van der Waals surface area contributed by atoms with Crippen molar-refractivity contribution in [1.29, 1.82) is 0 Å². The van der Waals surface area contributed by atoms with Gasteiger partial charge < -0.3 is 0 Å². The Kier molecular flexibility index (Phi) is 3.72. The SMILES string of the molecule is Cc1ccc(Cl)cc1[C+](C12CC3CC(CC(C3)C1)C2)C12CC3CC(CC(C3)C1)C2. The summed E-state index contributed by atoms with van der Waals surface area (Å²) >= 11 is 6.66. The largest absolute Gasteiger partial charge is 0.138 e. The zero-order valence-corrected chi connectivity index (χ0v) is 18.8. The van der Waals surface area contributed by atoms with E-state index in [0.29, 0.717) is 10.8 Å². The summed E-state index contributed by atoms with van der Waals surface area (Å²) in [6, 6.07) is 6.83. The summed E-state index contributed by atoms with van der Waals surface area (Å²) in [5.41, 5.74) is 4.11. The molecule has 0 heterocycles. The molecule has 0 aromatic heterocycles. The Hall–Kier alpha value is -0.620. The second kappa shape index (κ2) is 5.99. The van der Waals surface area contributed by atoms with Crippen LogP contribution in [0.25, 0.3) is 0 Å². The quantitative estimate of drug-likeness (QED) is 0.445. The minimum atomic E-state index is 0.510. The van der Waals surface area contributed by atoms with Crippen molar-refractivity contribution >= 4 is 11.6 Å². The van der Waals surface area contributed by atoms with Gasteiger partial charge in [-0.15, -0.1) is 0 Å². The lowest BCUT2D eigenvalue weighted by atomic mass is 9.37. The number of halogens is 1. The third-order valence-corrected chi connectivity index (χ3v) is 10.8. The van der Waals surface area contributed by atoms with Gasteiger partial charge in [0.15, 0.2) is 0 Å². The van der Waals surface area contributed by atoms with Gasteiger partial charge in [0.25, 0.3) is 0 Å². The molecule has 0 N–H and O–H groups in total. The van der Waals surface area contributed by atoms with Gasteiger partial charge in [0, 0.05) is 29.7 Å². The van der Waals surface area contributed by atoms with Crippen LogP contribution in [0.5, 0.6) is 0 Å². The fourth-order valence-corrected chi connectivity index (χ4v) is 11.0. The van der Waals surface area contributed by atoms with Crippen LogP contribution in [0.4, 0.5) is 0 Å². The Labute approximate surface area is 182 Å². The van der Waals surface area contributed by atoms with Gasteiger partial charge in [-0.3, -0.25) is 0 Å². The lowest BCUT2D eigenvalue weighted by Crippen LogP contribution is -2.57. The van der Waals surface area contributed by atoms with Gasteiger partial charge in [-0.25, -0.2) is 0 Å². The van der Waals surface area contributed by atoms with Crippen molar-refractivity contribution in [2.45, 2.75) is 84.0 Å². The molecule has 0 atom stereocenters. The molecule has 8 aliphatic carbocycles. The first-order valence-corrected chi connectivity index (χ1v) is 13.0. The van der Waals surface area contributed by atoms with E-state index in [1.807, 2.05) is 5.92 Å². The van der Waals surface area contributed by atoms with Crippen LogP contribution in [-0.2, 0) is 0 Å². The molecule has 154 valence electrons. The summed E-state index contributed by atoms with van der Waals surface area (Å²) < 4.78 is 0. The maximum absolute atomic E-state index is 6.66. The second-order valence-corrected chi connectivity index (χ2v) is 13.2. The average Bonchev–Trinajstić information content (AvgIpc) is 2.62. The van der Waals surface area contributed by atoms with Crippen molar-refractivity contribution in [1.82, 2.24) is 0 Å². The summed E-state index contributed by atoms with van der Waals surface area (Å²) in [6.07, 6.45) is 18.3. The molecule has 8 saturated carbocycles. The lowest BCUT2D eigenvalue weighted by molar-refractivity contribution is -0.0989. The summed E-state index contributed by atoms with van der Waals surface area (Å²) in [5.74, 6) is 8.07. The van der Waals surface area contributed by atoms with Crippen molar-refractivity contribution in [2.24, 2.45) is 46.3 Å². The Morgan fingerprint density at radius 1 is 0.690 bits per heavy atom. The van der Waals surface area contributed by atoms with E-state index in [1.165, 1.54) is 44.1 Å². The first kappa shape index (κ1) is 18.0. The monoisotopic (exact) mass is 407 g/mol. The predicted molar refractivity (Wildman–Crippen MR) is 120 cm³/mol.